The average molecular weight is 510 g/mol. The molecule has 3 saturated heterocycles. The van der Waals surface area contributed by atoms with E-state index in [0.29, 0.717) is 45.1 Å². The summed E-state index contributed by atoms with van der Waals surface area (Å²) in [6, 6.07) is 2.53. The minimum absolute atomic E-state index is 0.0684. The topological polar surface area (TPSA) is 80.2 Å². The first-order chi connectivity index (χ1) is 17.2. The third-order valence-corrected chi connectivity index (χ3v) is 8.45. The Hall–Kier alpha value is -2.56. The third kappa shape index (κ3) is 4.86. The van der Waals surface area contributed by atoms with Crippen molar-refractivity contribution in [2.45, 2.75) is 63.3 Å². The fraction of sp³-hybridized carbons (Fsp3) is 0.720. The lowest BCUT2D eigenvalue weighted by molar-refractivity contribution is -0.141. The molecule has 1 spiro atoms. The molecule has 1 aromatic heterocycles. The van der Waals surface area contributed by atoms with Crippen molar-refractivity contribution in [3.05, 3.63) is 23.9 Å². The molecule has 36 heavy (non-hydrogen) atoms. The van der Waals surface area contributed by atoms with E-state index in [1.54, 1.807) is 4.90 Å². The van der Waals surface area contributed by atoms with Crippen LogP contribution in [0.3, 0.4) is 0 Å². The number of halogens is 3. The molecular weight excluding hydrogens is 475 g/mol. The molecule has 0 aromatic carbocycles. The Labute approximate surface area is 209 Å². The molecule has 0 radical (unpaired) electrons. The van der Waals surface area contributed by atoms with Crippen LogP contribution in [0.4, 0.5) is 23.8 Å². The van der Waals surface area contributed by atoms with Crippen molar-refractivity contribution in [1.29, 1.82) is 0 Å². The van der Waals surface area contributed by atoms with Crippen molar-refractivity contribution in [2.75, 3.05) is 50.7 Å². The molecule has 4 heterocycles. The van der Waals surface area contributed by atoms with E-state index in [0.717, 1.165) is 63.8 Å². The number of aliphatic hydroxyl groups is 1. The molecule has 1 saturated carbocycles. The van der Waals surface area contributed by atoms with Crippen LogP contribution in [0.5, 0.6) is 0 Å². The highest BCUT2D eigenvalue weighted by Gasteiger charge is 2.51. The van der Waals surface area contributed by atoms with Gasteiger partial charge in [-0.25, -0.2) is 9.78 Å². The Morgan fingerprint density at radius 1 is 0.972 bits per heavy atom. The fourth-order valence-corrected chi connectivity index (χ4v) is 6.31. The minimum Gasteiger partial charge on any atom is -0.393 e. The molecule has 0 bridgehead atoms. The normalized spacial score (nSPS) is 29.8. The van der Waals surface area contributed by atoms with Crippen LogP contribution >= 0.6 is 0 Å². The Morgan fingerprint density at radius 2 is 1.69 bits per heavy atom. The molecule has 11 heteroatoms. The van der Waals surface area contributed by atoms with Crippen LogP contribution < -0.4 is 4.90 Å². The number of aromatic nitrogens is 1. The van der Waals surface area contributed by atoms with Gasteiger partial charge >= 0.3 is 12.2 Å². The second-order valence-electron chi connectivity index (χ2n) is 10.7. The van der Waals surface area contributed by atoms with Gasteiger partial charge in [0.25, 0.3) is 0 Å². The fourth-order valence-electron chi connectivity index (χ4n) is 6.31. The lowest BCUT2D eigenvalue weighted by Crippen LogP contribution is -2.57. The van der Waals surface area contributed by atoms with E-state index in [2.05, 4.69) is 4.98 Å². The van der Waals surface area contributed by atoms with Crippen molar-refractivity contribution < 1.29 is 27.9 Å². The van der Waals surface area contributed by atoms with Crippen LogP contribution in [0.15, 0.2) is 18.3 Å². The van der Waals surface area contributed by atoms with Crippen molar-refractivity contribution in [3.8, 4) is 0 Å². The number of likely N-dealkylation sites (tertiary alicyclic amines) is 2. The molecule has 4 aliphatic rings. The van der Waals surface area contributed by atoms with E-state index >= 15 is 0 Å². The number of carbonyl (C=O) groups is 2. The van der Waals surface area contributed by atoms with Gasteiger partial charge in [0.1, 0.15) is 5.82 Å². The minimum atomic E-state index is -4.42. The predicted molar refractivity (Wildman–Crippen MR) is 126 cm³/mol. The van der Waals surface area contributed by atoms with Crippen LogP contribution in [0, 0.1) is 5.41 Å². The molecule has 1 atom stereocenters. The lowest BCUT2D eigenvalue weighted by Gasteiger charge is -2.43. The first-order valence-corrected chi connectivity index (χ1v) is 13.0. The number of amides is 3. The molecule has 1 aliphatic carbocycles. The summed E-state index contributed by atoms with van der Waals surface area (Å²) >= 11 is 0. The monoisotopic (exact) mass is 509 g/mol. The smallest absolute Gasteiger partial charge is 0.393 e. The van der Waals surface area contributed by atoms with E-state index < -0.39 is 17.2 Å². The van der Waals surface area contributed by atoms with Gasteiger partial charge in [-0.1, -0.05) is 0 Å². The number of urea groups is 1. The third-order valence-electron chi connectivity index (χ3n) is 8.45. The highest BCUT2D eigenvalue weighted by atomic mass is 19.4. The molecule has 3 amide bonds. The Kier molecular flexibility index (Phi) is 6.78. The molecule has 5 rings (SSSR count). The lowest BCUT2D eigenvalue weighted by atomic mass is 9.78. The molecule has 3 aliphatic heterocycles. The van der Waals surface area contributed by atoms with Gasteiger partial charge in [-0.05, 0) is 57.1 Å². The van der Waals surface area contributed by atoms with Gasteiger partial charge in [0.2, 0.25) is 5.91 Å². The number of hydrogen-bond donors (Lipinski definition) is 1. The second kappa shape index (κ2) is 9.72. The van der Waals surface area contributed by atoms with Crippen molar-refractivity contribution >= 4 is 17.8 Å². The SMILES string of the molecule is O=C(N1CCN(c2ccc(C(F)(F)F)cn2)CC1)N1CCC[C@@]2(CCN([C@H]3CC[C@H](O)CC3)C2=O)C1. The summed E-state index contributed by atoms with van der Waals surface area (Å²) in [5, 5.41) is 9.82. The van der Waals surface area contributed by atoms with Gasteiger partial charge < -0.3 is 24.7 Å². The molecule has 1 N–H and O–H groups in total. The van der Waals surface area contributed by atoms with Crippen LogP contribution in [0.1, 0.15) is 50.5 Å². The number of piperazine rings is 1. The molecule has 1 aromatic rings. The number of anilines is 1. The van der Waals surface area contributed by atoms with Gasteiger partial charge in [0.05, 0.1) is 17.1 Å². The van der Waals surface area contributed by atoms with Gasteiger partial charge in [-0.2, -0.15) is 13.2 Å². The van der Waals surface area contributed by atoms with E-state index in [4.69, 9.17) is 0 Å². The van der Waals surface area contributed by atoms with Gasteiger partial charge in [0, 0.05) is 58.1 Å². The zero-order chi connectivity index (χ0) is 25.5. The summed E-state index contributed by atoms with van der Waals surface area (Å²) in [5.74, 6) is 0.637. The van der Waals surface area contributed by atoms with Gasteiger partial charge in [0.15, 0.2) is 0 Å². The maximum atomic E-state index is 13.5. The van der Waals surface area contributed by atoms with E-state index in [-0.39, 0.29) is 24.1 Å². The van der Waals surface area contributed by atoms with Crippen molar-refractivity contribution in [3.63, 3.8) is 0 Å². The predicted octanol–water partition coefficient (Wildman–Crippen LogP) is 2.96. The number of hydrogen-bond acceptors (Lipinski definition) is 5. The number of aliphatic hydroxyl groups excluding tert-OH is 1. The number of rotatable bonds is 2. The molecule has 4 fully saturated rings. The number of piperidine rings is 1. The van der Waals surface area contributed by atoms with Crippen LogP contribution in [-0.4, -0.2) is 94.7 Å². The molecule has 198 valence electrons. The molecule has 0 unspecified atom stereocenters. The van der Waals surface area contributed by atoms with E-state index in [1.807, 2.05) is 14.7 Å². The summed E-state index contributed by atoms with van der Waals surface area (Å²) < 4.78 is 38.4. The number of pyridine rings is 1. The molecule has 8 nitrogen and oxygen atoms in total. The highest BCUT2D eigenvalue weighted by molar-refractivity contribution is 5.86. The zero-order valence-electron chi connectivity index (χ0n) is 20.4. The summed E-state index contributed by atoms with van der Waals surface area (Å²) in [4.78, 5) is 38.3. The van der Waals surface area contributed by atoms with Gasteiger partial charge in [-0.15, -0.1) is 0 Å². The number of carbonyl (C=O) groups excluding carboxylic acids is 2. The van der Waals surface area contributed by atoms with Crippen LogP contribution in [0.25, 0.3) is 0 Å². The highest BCUT2D eigenvalue weighted by Crippen LogP contribution is 2.42. The van der Waals surface area contributed by atoms with Crippen molar-refractivity contribution in [1.82, 2.24) is 19.7 Å². The maximum Gasteiger partial charge on any atom is 0.417 e. The summed E-state index contributed by atoms with van der Waals surface area (Å²) in [7, 11) is 0. The Bertz CT molecular complexity index is 959. The van der Waals surface area contributed by atoms with E-state index in [1.165, 1.54) is 6.07 Å². The largest absolute Gasteiger partial charge is 0.417 e. The second-order valence-corrected chi connectivity index (χ2v) is 10.7. The van der Waals surface area contributed by atoms with Crippen LogP contribution in [0.2, 0.25) is 0 Å². The maximum absolute atomic E-state index is 13.5. The quantitative estimate of drug-likeness (QED) is 0.663. The van der Waals surface area contributed by atoms with Gasteiger partial charge in [-0.3, -0.25) is 4.79 Å². The zero-order valence-corrected chi connectivity index (χ0v) is 20.4. The Morgan fingerprint density at radius 3 is 2.33 bits per heavy atom. The first-order valence-electron chi connectivity index (χ1n) is 13.0. The standard InChI is InChI=1S/C25H34F3N5O3/c26-25(27,28)18-2-7-21(29-16-18)30-12-14-31(15-13-30)23(36)32-10-1-8-24(17-32)9-11-33(22(24)35)19-3-5-20(34)6-4-19/h2,7,16,19-20,34H,1,3-6,8-15,17H2/t19-,20-,24-/m1/s1. The Balaban J connectivity index is 1.17. The average Bonchev–Trinajstić information content (AvgIpc) is 3.18. The number of nitrogens with zero attached hydrogens (tertiary/aromatic N) is 5. The molecular formula is C25H34F3N5O3. The summed E-state index contributed by atoms with van der Waals surface area (Å²) in [5.41, 5.74) is -1.28. The first kappa shape index (κ1) is 25.1. The van der Waals surface area contributed by atoms with Crippen LogP contribution in [-0.2, 0) is 11.0 Å². The van der Waals surface area contributed by atoms with E-state index in [9.17, 15) is 27.9 Å². The summed E-state index contributed by atoms with van der Waals surface area (Å²) in [6.07, 6.45) is 1.68. The number of alkyl halides is 3. The summed E-state index contributed by atoms with van der Waals surface area (Å²) in [6.45, 7) is 3.68. The van der Waals surface area contributed by atoms with Crippen molar-refractivity contribution in [2.24, 2.45) is 5.41 Å².